The summed E-state index contributed by atoms with van der Waals surface area (Å²) in [6.07, 6.45) is 0.331. The third-order valence-corrected chi connectivity index (χ3v) is 6.96. The molecule has 2 aromatic rings. The minimum absolute atomic E-state index is 0.0957. The Hall–Kier alpha value is -1.89. The number of aryl methyl sites for hydroxylation is 2. The van der Waals surface area contributed by atoms with E-state index in [2.05, 4.69) is 4.72 Å². The van der Waals surface area contributed by atoms with Gasteiger partial charge in [0.2, 0.25) is 10.0 Å². The lowest BCUT2D eigenvalue weighted by Gasteiger charge is -2.34. The van der Waals surface area contributed by atoms with Gasteiger partial charge >= 0.3 is 0 Å². The molecule has 0 aromatic heterocycles. The zero-order valence-electron chi connectivity index (χ0n) is 15.6. The maximum atomic E-state index is 13.0. The van der Waals surface area contributed by atoms with E-state index in [1.165, 1.54) is 0 Å². The van der Waals surface area contributed by atoms with Gasteiger partial charge in [-0.2, -0.15) is 0 Å². The van der Waals surface area contributed by atoms with Crippen molar-refractivity contribution in [2.24, 2.45) is 0 Å². The minimum Gasteiger partial charge on any atom is -0.493 e. The summed E-state index contributed by atoms with van der Waals surface area (Å²) in [4.78, 5) is 0.305. The number of para-hydroxylation sites is 1. The Balaban J connectivity index is 1.94. The minimum atomic E-state index is -3.76. The fraction of sp³-hybridized carbons (Fsp3) is 0.400. The molecule has 1 unspecified atom stereocenters. The molecule has 1 heterocycles. The lowest BCUT2D eigenvalue weighted by Crippen LogP contribution is -2.44. The SMILES string of the molecule is Cc1cc(C)c(C)c(S(=O)(=O)NCC2(O)CCOc3ccccc32)c1C. The van der Waals surface area contributed by atoms with Crippen molar-refractivity contribution in [3.63, 3.8) is 0 Å². The molecule has 2 N–H and O–H groups in total. The average Bonchev–Trinajstić information content (AvgIpc) is 2.59. The molecule has 0 saturated heterocycles. The van der Waals surface area contributed by atoms with Crippen LogP contribution in [0.1, 0.15) is 34.2 Å². The predicted molar refractivity (Wildman–Crippen MR) is 101 cm³/mol. The molecule has 1 aliphatic rings. The lowest BCUT2D eigenvalue weighted by molar-refractivity contribution is 0.00219. The van der Waals surface area contributed by atoms with Crippen LogP contribution in [0.15, 0.2) is 35.2 Å². The average molecular weight is 375 g/mol. The van der Waals surface area contributed by atoms with Crippen LogP contribution < -0.4 is 9.46 Å². The van der Waals surface area contributed by atoms with E-state index in [-0.39, 0.29) is 6.54 Å². The highest BCUT2D eigenvalue weighted by Crippen LogP contribution is 2.36. The molecular formula is C20H25NO4S. The molecule has 0 spiro atoms. The van der Waals surface area contributed by atoms with Crippen molar-refractivity contribution >= 4 is 10.0 Å². The monoisotopic (exact) mass is 375 g/mol. The van der Waals surface area contributed by atoms with Gasteiger partial charge in [0.15, 0.2) is 0 Å². The number of benzene rings is 2. The van der Waals surface area contributed by atoms with Gasteiger partial charge < -0.3 is 9.84 Å². The standard InChI is InChI=1S/C20H25NO4S/c1-13-11-14(2)16(4)19(15(13)3)26(23,24)21-12-20(22)9-10-25-18-8-6-5-7-17(18)20/h5-8,11,21-22H,9-10,12H2,1-4H3. The molecule has 0 radical (unpaired) electrons. The summed E-state index contributed by atoms with van der Waals surface area (Å²) in [5.74, 6) is 0.596. The van der Waals surface area contributed by atoms with Crippen LogP contribution in [0.25, 0.3) is 0 Å². The van der Waals surface area contributed by atoms with Crippen LogP contribution in [-0.2, 0) is 15.6 Å². The summed E-state index contributed by atoms with van der Waals surface area (Å²) in [5, 5.41) is 11.1. The van der Waals surface area contributed by atoms with Crippen molar-refractivity contribution in [3.8, 4) is 5.75 Å². The smallest absolute Gasteiger partial charge is 0.241 e. The molecule has 1 atom stereocenters. The van der Waals surface area contributed by atoms with Gasteiger partial charge in [0.05, 0.1) is 11.5 Å². The van der Waals surface area contributed by atoms with E-state index in [0.717, 1.165) is 22.3 Å². The number of ether oxygens (including phenoxy) is 1. The van der Waals surface area contributed by atoms with E-state index < -0.39 is 15.6 Å². The van der Waals surface area contributed by atoms with Gasteiger partial charge in [-0.3, -0.25) is 0 Å². The fourth-order valence-electron chi connectivity index (χ4n) is 3.50. The summed E-state index contributed by atoms with van der Waals surface area (Å²) in [7, 11) is -3.76. The second kappa shape index (κ2) is 6.68. The molecule has 2 aromatic carbocycles. The number of sulfonamides is 1. The van der Waals surface area contributed by atoms with Crippen LogP contribution in [0.2, 0.25) is 0 Å². The molecule has 26 heavy (non-hydrogen) atoms. The Labute approximate surface area is 155 Å². The molecule has 140 valence electrons. The van der Waals surface area contributed by atoms with Gasteiger partial charge in [0.25, 0.3) is 0 Å². The number of aliphatic hydroxyl groups is 1. The van der Waals surface area contributed by atoms with Gasteiger partial charge in [-0.15, -0.1) is 0 Å². The first kappa shape index (κ1) is 18.9. The summed E-state index contributed by atoms with van der Waals surface area (Å²) >= 11 is 0. The lowest BCUT2D eigenvalue weighted by atomic mass is 9.88. The Kier molecular flexibility index (Phi) is 4.86. The third kappa shape index (κ3) is 3.24. The van der Waals surface area contributed by atoms with Crippen molar-refractivity contribution < 1.29 is 18.3 Å². The molecule has 6 heteroatoms. The van der Waals surface area contributed by atoms with Crippen LogP contribution in [0.3, 0.4) is 0 Å². The first-order chi connectivity index (χ1) is 12.2. The van der Waals surface area contributed by atoms with Crippen molar-refractivity contribution in [1.29, 1.82) is 0 Å². The quantitative estimate of drug-likeness (QED) is 0.862. The molecule has 0 bridgehead atoms. The molecule has 0 aliphatic carbocycles. The molecular weight excluding hydrogens is 350 g/mol. The summed E-state index contributed by atoms with van der Waals surface area (Å²) < 4.78 is 34.2. The Morgan fingerprint density at radius 3 is 2.38 bits per heavy atom. The largest absolute Gasteiger partial charge is 0.493 e. The highest BCUT2D eigenvalue weighted by atomic mass is 32.2. The van der Waals surface area contributed by atoms with E-state index >= 15 is 0 Å². The molecule has 3 rings (SSSR count). The Morgan fingerprint density at radius 2 is 1.73 bits per heavy atom. The maximum absolute atomic E-state index is 13.0. The number of hydrogen-bond donors (Lipinski definition) is 2. The fourth-order valence-corrected chi connectivity index (χ4v) is 5.20. The van der Waals surface area contributed by atoms with E-state index in [0.29, 0.717) is 29.2 Å². The van der Waals surface area contributed by atoms with Crippen LogP contribution in [0.5, 0.6) is 5.75 Å². The third-order valence-electron chi connectivity index (χ3n) is 5.28. The van der Waals surface area contributed by atoms with Crippen molar-refractivity contribution in [2.75, 3.05) is 13.2 Å². The highest BCUT2D eigenvalue weighted by molar-refractivity contribution is 7.89. The predicted octanol–water partition coefficient (Wildman–Crippen LogP) is 2.87. The zero-order chi connectivity index (χ0) is 19.1. The molecule has 0 fully saturated rings. The first-order valence-electron chi connectivity index (χ1n) is 8.67. The van der Waals surface area contributed by atoms with E-state index in [1.54, 1.807) is 12.1 Å². The van der Waals surface area contributed by atoms with Crippen molar-refractivity contribution in [1.82, 2.24) is 4.72 Å². The maximum Gasteiger partial charge on any atom is 0.241 e. The number of nitrogens with one attached hydrogen (secondary N) is 1. The second-order valence-electron chi connectivity index (χ2n) is 7.04. The molecule has 1 aliphatic heterocycles. The van der Waals surface area contributed by atoms with Gasteiger partial charge in [-0.25, -0.2) is 13.1 Å². The summed E-state index contributed by atoms with van der Waals surface area (Å²) in [5.41, 5.74) is 2.66. The van der Waals surface area contributed by atoms with Crippen molar-refractivity contribution in [2.45, 2.75) is 44.6 Å². The molecule has 0 saturated carbocycles. The number of rotatable bonds is 4. The molecule has 5 nitrogen and oxygen atoms in total. The van der Waals surface area contributed by atoms with Crippen LogP contribution in [0, 0.1) is 27.7 Å². The summed E-state index contributed by atoms with van der Waals surface area (Å²) in [6.45, 7) is 7.69. The highest BCUT2D eigenvalue weighted by Gasteiger charge is 2.37. The Morgan fingerprint density at radius 1 is 1.12 bits per heavy atom. The van der Waals surface area contributed by atoms with E-state index in [4.69, 9.17) is 4.74 Å². The van der Waals surface area contributed by atoms with Crippen LogP contribution >= 0.6 is 0 Å². The van der Waals surface area contributed by atoms with Crippen molar-refractivity contribution in [3.05, 3.63) is 58.1 Å². The van der Waals surface area contributed by atoms with Crippen LogP contribution in [-0.4, -0.2) is 26.7 Å². The first-order valence-corrected chi connectivity index (χ1v) is 10.2. The topological polar surface area (TPSA) is 75.6 Å². The van der Waals surface area contributed by atoms with Crippen LogP contribution in [0.4, 0.5) is 0 Å². The van der Waals surface area contributed by atoms with Gasteiger partial charge in [0, 0.05) is 18.5 Å². The Bertz CT molecular complexity index is 926. The van der Waals surface area contributed by atoms with E-state index in [1.807, 2.05) is 45.9 Å². The normalized spacial score (nSPS) is 19.7. The van der Waals surface area contributed by atoms with E-state index in [9.17, 15) is 13.5 Å². The zero-order valence-corrected chi connectivity index (χ0v) is 16.4. The number of fused-ring (bicyclic) bond motifs is 1. The summed E-state index contributed by atoms with van der Waals surface area (Å²) in [6, 6.07) is 9.19. The van der Waals surface area contributed by atoms with Gasteiger partial charge in [-0.1, -0.05) is 24.3 Å². The second-order valence-corrected chi connectivity index (χ2v) is 8.74. The number of hydrogen-bond acceptors (Lipinski definition) is 4. The van der Waals surface area contributed by atoms with Gasteiger partial charge in [-0.05, 0) is 56.0 Å². The molecule has 0 amide bonds. The van der Waals surface area contributed by atoms with Gasteiger partial charge in [0.1, 0.15) is 11.4 Å².